The fourth-order valence-corrected chi connectivity index (χ4v) is 2.39. The minimum atomic E-state index is -0.276. The molecule has 4 heteroatoms. The van der Waals surface area contributed by atoms with Crippen molar-refractivity contribution in [2.45, 2.75) is 26.7 Å². The van der Waals surface area contributed by atoms with Crippen molar-refractivity contribution in [1.29, 1.82) is 0 Å². The van der Waals surface area contributed by atoms with Gasteiger partial charge in [0, 0.05) is 12.1 Å². The quantitative estimate of drug-likeness (QED) is 0.879. The number of hydrogen-bond donors (Lipinski definition) is 2. The Bertz CT molecular complexity index is 467. The van der Waals surface area contributed by atoms with Gasteiger partial charge in [-0.15, -0.1) is 0 Å². The molecular weight excluding hydrogens is 243 g/mol. The molecule has 1 heterocycles. The van der Waals surface area contributed by atoms with Crippen molar-refractivity contribution in [1.82, 2.24) is 10.6 Å². The lowest BCUT2D eigenvalue weighted by atomic mass is 9.81. The largest absolute Gasteiger partial charge is 0.351 e. The molecular formula is C15H21FN2O. The highest BCUT2D eigenvalue weighted by atomic mass is 19.1. The second-order valence-corrected chi connectivity index (χ2v) is 5.71. The van der Waals surface area contributed by atoms with Crippen LogP contribution in [0.2, 0.25) is 0 Å². The van der Waals surface area contributed by atoms with Crippen molar-refractivity contribution >= 4 is 5.91 Å². The first-order valence-corrected chi connectivity index (χ1v) is 6.75. The van der Waals surface area contributed by atoms with Gasteiger partial charge in [-0.05, 0) is 62.0 Å². The minimum Gasteiger partial charge on any atom is -0.351 e. The zero-order valence-electron chi connectivity index (χ0n) is 11.6. The number of benzene rings is 1. The van der Waals surface area contributed by atoms with E-state index >= 15 is 0 Å². The van der Waals surface area contributed by atoms with E-state index in [4.69, 9.17) is 0 Å². The van der Waals surface area contributed by atoms with Crippen LogP contribution in [0.25, 0.3) is 0 Å². The molecule has 0 saturated carbocycles. The van der Waals surface area contributed by atoms with Gasteiger partial charge in [-0.2, -0.15) is 0 Å². The van der Waals surface area contributed by atoms with E-state index in [2.05, 4.69) is 17.6 Å². The van der Waals surface area contributed by atoms with Crippen molar-refractivity contribution in [2.75, 3.05) is 19.6 Å². The molecule has 0 aliphatic carbocycles. The molecule has 0 spiro atoms. The van der Waals surface area contributed by atoms with Gasteiger partial charge in [0.15, 0.2) is 0 Å². The van der Waals surface area contributed by atoms with Crippen LogP contribution in [0.3, 0.4) is 0 Å². The zero-order chi connectivity index (χ0) is 13.9. The first-order valence-electron chi connectivity index (χ1n) is 6.75. The summed E-state index contributed by atoms with van der Waals surface area (Å²) in [5.41, 5.74) is 1.19. The monoisotopic (exact) mass is 264 g/mol. The lowest BCUT2D eigenvalue weighted by Crippen LogP contribution is -2.42. The van der Waals surface area contributed by atoms with Crippen molar-refractivity contribution in [3.05, 3.63) is 35.1 Å². The number of amides is 1. The zero-order valence-corrected chi connectivity index (χ0v) is 11.6. The summed E-state index contributed by atoms with van der Waals surface area (Å²) in [5, 5.41) is 6.29. The van der Waals surface area contributed by atoms with Crippen LogP contribution in [-0.2, 0) is 0 Å². The van der Waals surface area contributed by atoms with Crippen LogP contribution >= 0.6 is 0 Å². The molecule has 104 valence electrons. The van der Waals surface area contributed by atoms with Crippen LogP contribution < -0.4 is 10.6 Å². The maximum absolute atomic E-state index is 13.2. The van der Waals surface area contributed by atoms with E-state index in [-0.39, 0.29) is 17.1 Å². The maximum Gasteiger partial charge on any atom is 0.251 e. The average molecular weight is 264 g/mol. The number of rotatable bonds is 3. The number of halogens is 1. The van der Waals surface area contributed by atoms with Crippen molar-refractivity contribution < 1.29 is 9.18 Å². The minimum absolute atomic E-state index is 0.122. The van der Waals surface area contributed by atoms with Gasteiger partial charge in [0.25, 0.3) is 5.91 Å². The second kappa shape index (κ2) is 5.70. The Hall–Kier alpha value is -1.42. The van der Waals surface area contributed by atoms with Gasteiger partial charge in [-0.25, -0.2) is 4.39 Å². The summed E-state index contributed by atoms with van der Waals surface area (Å²) in [7, 11) is 0. The maximum atomic E-state index is 13.2. The van der Waals surface area contributed by atoms with Crippen LogP contribution in [0.15, 0.2) is 18.2 Å². The number of carbonyl (C=O) groups excluding carboxylic acids is 1. The molecule has 1 aromatic carbocycles. The first-order chi connectivity index (χ1) is 9.00. The summed E-state index contributed by atoms with van der Waals surface area (Å²) in [6.45, 7) is 6.54. The van der Waals surface area contributed by atoms with Gasteiger partial charge in [-0.1, -0.05) is 6.92 Å². The van der Waals surface area contributed by atoms with Gasteiger partial charge < -0.3 is 10.6 Å². The fourth-order valence-electron chi connectivity index (χ4n) is 2.39. The van der Waals surface area contributed by atoms with Crippen molar-refractivity contribution in [3.63, 3.8) is 0 Å². The third-order valence-electron chi connectivity index (χ3n) is 3.91. The van der Waals surface area contributed by atoms with Crippen LogP contribution in [0.1, 0.15) is 35.7 Å². The molecule has 0 atom stereocenters. The molecule has 2 rings (SSSR count). The van der Waals surface area contributed by atoms with E-state index in [9.17, 15) is 9.18 Å². The van der Waals surface area contributed by atoms with Crippen molar-refractivity contribution in [3.8, 4) is 0 Å². The van der Waals surface area contributed by atoms with E-state index in [1.54, 1.807) is 13.0 Å². The number of carbonyl (C=O) groups is 1. The Morgan fingerprint density at radius 2 is 2.11 bits per heavy atom. The molecule has 1 aliphatic rings. The Kier molecular flexibility index (Phi) is 4.20. The van der Waals surface area contributed by atoms with Crippen LogP contribution in [0.5, 0.6) is 0 Å². The smallest absolute Gasteiger partial charge is 0.251 e. The van der Waals surface area contributed by atoms with E-state index in [1.165, 1.54) is 12.1 Å². The number of nitrogens with one attached hydrogen (secondary N) is 2. The summed E-state index contributed by atoms with van der Waals surface area (Å²) >= 11 is 0. The fraction of sp³-hybridized carbons (Fsp3) is 0.533. The second-order valence-electron chi connectivity index (χ2n) is 5.71. The molecule has 0 radical (unpaired) electrons. The highest BCUT2D eigenvalue weighted by molar-refractivity contribution is 5.94. The third kappa shape index (κ3) is 3.53. The van der Waals surface area contributed by atoms with Gasteiger partial charge >= 0.3 is 0 Å². The lowest BCUT2D eigenvalue weighted by molar-refractivity contribution is 0.0922. The molecule has 1 saturated heterocycles. The summed E-state index contributed by atoms with van der Waals surface area (Å²) in [5.74, 6) is -0.398. The Morgan fingerprint density at radius 1 is 1.42 bits per heavy atom. The Labute approximate surface area is 113 Å². The molecule has 0 aromatic heterocycles. The molecule has 0 unspecified atom stereocenters. The highest BCUT2D eigenvalue weighted by Gasteiger charge is 2.27. The lowest BCUT2D eigenvalue weighted by Gasteiger charge is -2.34. The Morgan fingerprint density at radius 3 is 2.74 bits per heavy atom. The molecule has 1 amide bonds. The number of piperidine rings is 1. The highest BCUT2D eigenvalue weighted by Crippen LogP contribution is 2.26. The van der Waals surface area contributed by atoms with Crippen molar-refractivity contribution in [2.24, 2.45) is 5.41 Å². The molecule has 0 bridgehead atoms. The predicted octanol–water partition coefficient (Wildman–Crippen LogP) is 2.25. The number of aryl methyl sites for hydroxylation is 1. The van der Waals surface area contributed by atoms with Gasteiger partial charge in [0.05, 0.1) is 0 Å². The average Bonchev–Trinajstić information content (AvgIpc) is 2.40. The third-order valence-corrected chi connectivity index (χ3v) is 3.91. The molecule has 2 N–H and O–H groups in total. The predicted molar refractivity (Wildman–Crippen MR) is 73.7 cm³/mol. The van der Waals surface area contributed by atoms with Gasteiger partial charge in [-0.3, -0.25) is 4.79 Å². The normalized spacial score (nSPS) is 18.1. The number of hydrogen-bond acceptors (Lipinski definition) is 2. The standard InChI is InChI=1S/C15H21FN2O/c1-11-9-12(3-4-13(11)16)14(19)18-10-15(2)5-7-17-8-6-15/h3-4,9,17H,5-8,10H2,1-2H3,(H,18,19). The summed E-state index contributed by atoms with van der Waals surface area (Å²) in [6.07, 6.45) is 2.13. The van der Waals surface area contributed by atoms with Gasteiger partial charge in [0.1, 0.15) is 5.82 Å². The van der Waals surface area contributed by atoms with Crippen LogP contribution in [0, 0.1) is 18.2 Å². The molecule has 1 aliphatic heterocycles. The van der Waals surface area contributed by atoms with Crippen LogP contribution in [-0.4, -0.2) is 25.5 Å². The topological polar surface area (TPSA) is 41.1 Å². The molecule has 3 nitrogen and oxygen atoms in total. The van der Waals surface area contributed by atoms with E-state index < -0.39 is 0 Å². The van der Waals surface area contributed by atoms with Gasteiger partial charge in [0.2, 0.25) is 0 Å². The summed E-state index contributed by atoms with van der Waals surface area (Å²) in [4.78, 5) is 12.0. The van der Waals surface area contributed by atoms with E-state index in [0.717, 1.165) is 25.9 Å². The first kappa shape index (κ1) is 14.0. The summed E-state index contributed by atoms with van der Waals surface area (Å²) < 4.78 is 13.2. The summed E-state index contributed by atoms with van der Waals surface area (Å²) in [6, 6.07) is 4.47. The van der Waals surface area contributed by atoms with E-state index in [0.29, 0.717) is 17.7 Å². The molecule has 19 heavy (non-hydrogen) atoms. The van der Waals surface area contributed by atoms with Crippen LogP contribution in [0.4, 0.5) is 4.39 Å². The molecule has 1 aromatic rings. The molecule has 1 fully saturated rings. The SMILES string of the molecule is Cc1cc(C(=O)NCC2(C)CCNCC2)ccc1F. The van der Waals surface area contributed by atoms with E-state index in [1.807, 2.05) is 0 Å². The Balaban J connectivity index is 1.95.